The van der Waals surface area contributed by atoms with Gasteiger partial charge in [-0.05, 0) is 24.3 Å². The van der Waals surface area contributed by atoms with Crippen LogP contribution in [-0.2, 0) is 4.79 Å². The number of non-ortho nitro benzene ring substituents is 1. The minimum absolute atomic E-state index is 0.0216. The number of piperidine rings is 1. The van der Waals surface area contributed by atoms with E-state index in [1.54, 1.807) is 6.20 Å². The topological polar surface area (TPSA) is 108 Å². The molecule has 0 aliphatic carbocycles. The maximum atomic E-state index is 12.4. The van der Waals surface area contributed by atoms with Crippen LogP contribution < -0.4 is 10.1 Å². The maximum absolute atomic E-state index is 12.4. The van der Waals surface area contributed by atoms with E-state index in [4.69, 9.17) is 4.74 Å². The summed E-state index contributed by atoms with van der Waals surface area (Å²) in [5, 5.41) is 22.8. The van der Waals surface area contributed by atoms with Crippen LogP contribution in [0.1, 0.15) is 20.3 Å². The van der Waals surface area contributed by atoms with Crippen LogP contribution in [0.15, 0.2) is 30.0 Å². The Morgan fingerprint density at radius 3 is 2.62 bits per heavy atom. The maximum Gasteiger partial charge on any atom is 0.273 e. The summed E-state index contributed by atoms with van der Waals surface area (Å²) in [6.07, 6.45) is 2.71. The first-order valence-corrected chi connectivity index (χ1v) is 8.33. The Kier molecular flexibility index (Phi) is 6.17. The van der Waals surface area contributed by atoms with Crippen LogP contribution in [0.5, 0.6) is 5.75 Å². The van der Waals surface area contributed by atoms with Gasteiger partial charge in [0.1, 0.15) is 17.4 Å². The lowest BCUT2D eigenvalue weighted by molar-refractivity contribution is -0.384. The summed E-state index contributed by atoms with van der Waals surface area (Å²) in [6.45, 7) is 5.88. The standard InChI is InChI=1S/C18H22N4O4/c1-12-6-13(2)10-21(9-12)11-14(8-19)18(23)20-16-5-4-15(22(24)25)7-17(16)26-3/h4-5,7,11-13H,6,9-10H2,1-3H3,(H,20,23)/b14-11-. The molecule has 8 heteroatoms. The molecule has 0 aromatic heterocycles. The molecule has 1 saturated heterocycles. The predicted octanol–water partition coefficient (Wildman–Crippen LogP) is 2.93. The highest BCUT2D eigenvalue weighted by atomic mass is 16.6. The highest BCUT2D eigenvalue weighted by Crippen LogP contribution is 2.29. The number of rotatable bonds is 5. The van der Waals surface area contributed by atoms with Gasteiger partial charge in [-0.25, -0.2) is 0 Å². The normalized spacial score (nSPS) is 20.2. The lowest BCUT2D eigenvalue weighted by Crippen LogP contribution is -2.35. The molecule has 0 bridgehead atoms. The van der Waals surface area contributed by atoms with Crippen molar-refractivity contribution < 1.29 is 14.5 Å². The van der Waals surface area contributed by atoms with Gasteiger partial charge in [0, 0.05) is 25.4 Å². The first kappa shape index (κ1) is 19.2. The van der Waals surface area contributed by atoms with Gasteiger partial charge in [0.05, 0.1) is 23.8 Å². The van der Waals surface area contributed by atoms with Crippen LogP contribution in [0.2, 0.25) is 0 Å². The first-order chi connectivity index (χ1) is 12.3. The third-order valence-corrected chi connectivity index (χ3v) is 4.22. The van der Waals surface area contributed by atoms with Gasteiger partial charge in [-0.3, -0.25) is 14.9 Å². The molecule has 1 amide bonds. The summed E-state index contributed by atoms with van der Waals surface area (Å²) in [4.78, 5) is 24.7. The summed E-state index contributed by atoms with van der Waals surface area (Å²) in [5.74, 6) is 0.566. The van der Waals surface area contributed by atoms with Crippen molar-refractivity contribution in [2.45, 2.75) is 20.3 Å². The van der Waals surface area contributed by atoms with Crippen molar-refractivity contribution in [3.8, 4) is 11.8 Å². The first-order valence-electron chi connectivity index (χ1n) is 8.33. The predicted molar refractivity (Wildman–Crippen MR) is 96.5 cm³/mol. The lowest BCUT2D eigenvalue weighted by Gasteiger charge is -2.34. The molecule has 1 heterocycles. The fourth-order valence-corrected chi connectivity index (χ4v) is 3.22. The molecule has 1 aliphatic heterocycles. The van der Waals surface area contributed by atoms with Crippen molar-refractivity contribution in [2.75, 3.05) is 25.5 Å². The van der Waals surface area contributed by atoms with Crippen molar-refractivity contribution in [3.05, 3.63) is 40.1 Å². The van der Waals surface area contributed by atoms with E-state index in [0.717, 1.165) is 19.5 Å². The van der Waals surface area contributed by atoms with Crippen LogP contribution >= 0.6 is 0 Å². The highest BCUT2D eigenvalue weighted by molar-refractivity contribution is 6.07. The molecule has 0 spiro atoms. The number of nitrogens with zero attached hydrogens (tertiary/aromatic N) is 3. The molecule has 2 rings (SSSR count). The van der Waals surface area contributed by atoms with Crippen LogP contribution in [0.25, 0.3) is 0 Å². The van der Waals surface area contributed by atoms with Crippen molar-refractivity contribution >= 4 is 17.3 Å². The van der Waals surface area contributed by atoms with E-state index in [-0.39, 0.29) is 22.7 Å². The second-order valence-corrected chi connectivity index (χ2v) is 6.65. The second kappa shape index (κ2) is 8.34. The smallest absolute Gasteiger partial charge is 0.273 e. The second-order valence-electron chi connectivity index (χ2n) is 6.65. The molecule has 8 nitrogen and oxygen atoms in total. The fourth-order valence-electron chi connectivity index (χ4n) is 3.22. The SMILES string of the molecule is COc1cc([N+](=O)[O-])ccc1NC(=O)/C(C#N)=C\N1CC(C)CC(C)C1. The largest absolute Gasteiger partial charge is 0.494 e. The van der Waals surface area contributed by atoms with Crippen LogP contribution in [0.4, 0.5) is 11.4 Å². The Labute approximate surface area is 152 Å². The monoisotopic (exact) mass is 358 g/mol. The van der Waals surface area contributed by atoms with Gasteiger partial charge in [-0.15, -0.1) is 0 Å². The van der Waals surface area contributed by atoms with E-state index < -0.39 is 10.8 Å². The van der Waals surface area contributed by atoms with E-state index in [9.17, 15) is 20.2 Å². The summed E-state index contributed by atoms with van der Waals surface area (Å²) < 4.78 is 5.10. The quantitative estimate of drug-likeness (QED) is 0.375. The summed E-state index contributed by atoms with van der Waals surface area (Å²) >= 11 is 0. The Hall–Kier alpha value is -3.08. The number of carbonyl (C=O) groups is 1. The van der Waals surface area contributed by atoms with Gasteiger partial charge in [-0.1, -0.05) is 13.8 Å². The van der Waals surface area contributed by atoms with Gasteiger partial charge in [-0.2, -0.15) is 5.26 Å². The number of nitro groups is 1. The summed E-state index contributed by atoms with van der Waals surface area (Å²) in [6, 6.07) is 5.80. The van der Waals surface area contributed by atoms with Gasteiger partial charge >= 0.3 is 0 Å². The third kappa shape index (κ3) is 4.72. The van der Waals surface area contributed by atoms with Gasteiger partial charge < -0.3 is 15.0 Å². The molecule has 1 aromatic carbocycles. The Morgan fingerprint density at radius 2 is 2.08 bits per heavy atom. The molecule has 1 N–H and O–H groups in total. The number of nitrogens with one attached hydrogen (secondary N) is 1. The molecule has 2 atom stereocenters. The highest BCUT2D eigenvalue weighted by Gasteiger charge is 2.22. The molecule has 0 saturated carbocycles. The number of amides is 1. The average Bonchev–Trinajstić information content (AvgIpc) is 2.58. The number of carbonyl (C=O) groups excluding carboxylic acids is 1. The van der Waals surface area contributed by atoms with Crippen LogP contribution in [0.3, 0.4) is 0 Å². The van der Waals surface area contributed by atoms with Crippen molar-refractivity contribution in [3.63, 3.8) is 0 Å². The third-order valence-electron chi connectivity index (χ3n) is 4.22. The van der Waals surface area contributed by atoms with Gasteiger partial charge in [0.25, 0.3) is 11.6 Å². The number of ether oxygens (including phenoxy) is 1. The Morgan fingerprint density at radius 1 is 1.42 bits per heavy atom. The van der Waals surface area contributed by atoms with Crippen molar-refractivity contribution in [2.24, 2.45) is 11.8 Å². The van der Waals surface area contributed by atoms with Crippen molar-refractivity contribution in [1.82, 2.24) is 4.90 Å². The minimum Gasteiger partial charge on any atom is -0.494 e. The van der Waals surface area contributed by atoms with E-state index in [1.165, 1.54) is 25.3 Å². The zero-order valence-corrected chi connectivity index (χ0v) is 15.1. The fraction of sp³-hybridized carbons (Fsp3) is 0.444. The van der Waals surface area contributed by atoms with E-state index in [0.29, 0.717) is 11.8 Å². The Bertz CT molecular complexity index is 759. The number of benzene rings is 1. The zero-order valence-electron chi connectivity index (χ0n) is 15.1. The zero-order chi connectivity index (χ0) is 19.3. The van der Waals surface area contributed by atoms with Gasteiger partial charge in [0.15, 0.2) is 0 Å². The minimum atomic E-state index is -0.578. The number of hydrogen-bond acceptors (Lipinski definition) is 6. The molecule has 26 heavy (non-hydrogen) atoms. The van der Waals surface area contributed by atoms with E-state index >= 15 is 0 Å². The molecule has 1 fully saturated rings. The van der Waals surface area contributed by atoms with Gasteiger partial charge in [0.2, 0.25) is 0 Å². The molecule has 1 aliphatic rings. The van der Waals surface area contributed by atoms with Crippen LogP contribution in [-0.4, -0.2) is 35.9 Å². The van der Waals surface area contributed by atoms with E-state index in [1.807, 2.05) is 11.0 Å². The molecule has 1 aromatic rings. The van der Waals surface area contributed by atoms with Crippen molar-refractivity contribution in [1.29, 1.82) is 5.26 Å². The summed E-state index contributed by atoms with van der Waals surface area (Å²) in [5.41, 5.74) is 0.100. The molecule has 138 valence electrons. The number of nitriles is 1. The number of hydrogen-bond donors (Lipinski definition) is 1. The summed E-state index contributed by atoms with van der Waals surface area (Å²) in [7, 11) is 1.35. The lowest BCUT2D eigenvalue weighted by atomic mass is 9.92. The van der Waals surface area contributed by atoms with Crippen LogP contribution in [0, 0.1) is 33.3 Å². The number of nitro benzene ring substituents is 1. The number of likely N-dealkylation sites (tertiary alicyclic amines) is 1. The Balaban J connectivity index is 2.18. The molecule has 2 unspecified atom stereocenters. The molecule has 0 radical (unpaired) electrons. The van der Waals surface area contributed by atoms with E-state index in [2.05, 4.69) is 19.2 Å². The number of anilines is 1. The average molecular weight is 358 g/mol. The molecular weight excluding hydrogens is 336 g/mol. The molecular formula is C18H22N4O4. The number of methoxy groups -OCH3 is 1.